The molecule has 1 aromatic heterocycles. The van der Waals surface area contributed by atoms with Crippen molar-refractivity contribution in [2.24, 2.45) is 0 Å². The molecule has 3 rings (SSSR count). The predicted octanol–water partition coefficient (Wildman–Crippen LogP) is 3.26. The van der Waals surface area contributed by atoms with Gasteiger partial charge in [0.15, 0.2) is 0 Å². The molecule has 7 nitrogen and oxygen atoms in total. The Balaban J connectivity index is 1.48. The van der Waals surface area contributed by atoms with Crippen LogP contribution in [-0.2, 0) is 14.3 Å². The molecule has 0 bridgehead atoms. The summed E-state index contributed by atoms with van der Waals surface area (Å²) in [6.07, 6.45) is 1.55. The Bertz CT molecular complexity index is 777. The fraction of sp³-hybridized carbons (Fsp3) is 0.400. The SMILES string of the molecule is CCOc1ccc(OCCOC(=O)[C@@H]2CS[C@@H](c3ccco3)N2C(C)=O)cc1. The maximum atomic E-state index is 12.5. The fourth-order valence-electron chi connectivity index (χ4n) is 2.92. The third-order valence-corrected chi connectivity index (χ3v) is 5.44. The Morgan fingerprint density at radius 2 is 1.86 bits per heavy atom. The number of carbonyl (C=O) groups is 2. The van der Waals surface area contributed by atoms with Crippen molar-refractivity contribution in [2.75, 3.05) is 25.6 Å². The zero-order chi connectivity index (χ0) is 19.9. The highest BCUT2D eigenvalue weighted by Gasteiger charge is 2.43. The van der Waals surface area contributed by atoms with Gasteiger partial charge in [0.1, 0.15) is 41.9 Å². The molecule has 0 saturated carbocycles. The molecule has 1 aliphatic rings. The van der Waals surface area contributed by atoms with E-state index in [0.29, 0.717) is 23.9 Å². The molecule has 2 atom stereocenters. The van der Waals surface area contributed by atoms with Crippen LogP contribution in [0.2, 0.25) is 0 Å². The van der Waals surface area contributed by atoms with E-state index in [-0.39, 0.29) is 24.5 Å². The van der Waals surface area contributed by atoms with Crippen LogP contribution in [0.4, 0.5) is 0 Å². The Morgan fingerprint density at radius 3 is 2.46 bits per heavy atom. The molecule has 150 valence electrons. The number of hydrogen-bond acceptors (Lipinski definition) is 7. The number of carbonyl (C=O) groups excluding carboxylic acids is 2. The van der Waals surface area contributed by atoms with Crippen LogP contribution < -0.4 is 9.47 Å². The molecule has 1 saturated heterocycles. The normalized spacial score (nSPS) is 18.7. The number of thioether (sulfide) groups is 1. The minimum atomic E-state index is -0.636. The van der Waals surface area contributed by atoms with E-state index in [0.717, 1.165) is 5.75 Å². The van der Waals surface area contributed by atoms with Crippen molar-refractivity contribution < 1.29 is 28.2 Å². The van der Waals surface area contributed by atoms with E-state index >= 15 is 0 Å². The summed E-state index contributed by atoms with van der Waals surface area (Å²) in [6.45, 7) is 4.29. The minimum Gasteiger partial charge on any atom is -0.494 e. The molecular formula is C20H23NO6S. The van der Waals surface area contributed by atoms with E-state index < -0.39 is 12.0 Å². The predicted molar refractivity (Wildman–Crippen MR) is 104 cm³/mol. The number of rotatable bonds is 8. The molecule has 1 fully saturated rings. The molecule has 2 aromatic rings. The van der Waals surface area contributed by atoms with E-state index in [4.69, 9.17) is 18.6 Å². The first-order valence-electron chi connectivity index (χ1n) is 9.06. The topological polar surface area (TPSA) is 78.2 Å². The van der Waals surface area contributed by atoms with Crippen molar-refractivity contribution in [2.45, 2.75) is 25.3 Å². The van der Waals surface area contributed by atoms with Gasteiger partial charge in [-0.3, -0.25) is 4.79 Å². The first-order chi connectivity index (χ1) is 13.6. The van der Waals surface area contributed by atoms with Crippen LogP contribution in [0.1, 0.15) is 25.0 Å². The van der Waals surface area contributed by atoms with Crippen LogP contribution in [0.15, 0.2) is 47.1 Å². The summed E-state index contributed by atoms with van der Waals surface area (Å²) in [6, 6.07) is 10.2. The molecule has 1 amide bonds. The lowest BCUT2D eigenvalue weighted by atomic mass is 10.2. The van der Waals surface area contributed by atoms with E-state index in [2.05, 4.69) is 0 Å². The third-order valence-electron chi connectivity index (χ3n) is 4.15. The van der Waals surface area contributed by atoms with Gasteiger partial charge in [-0.1, -0.05) is 0 Å². The van der Waals surface area contributed by atoms with Crippen molar-refractivity contribution in [1.29, 1.82) is 0 Å². The minimum absolute atomic E-state index is 0.102. The summed E-state index contributed by atoms with van der Waals surface area (Å²) in [7, 11) is 0. The molecule has 1 aliphatic heterocycles. The van der Waals surface area contributed by atoms with Gasteiger partial charge >= 0.3 is 5.97 Å². The number of esters is 1. The summed E-state index contributed by atoms with van der Waals surface area (Å²) in [5.41, 5.74) is 0. The van der Waals surface area contributed by atoms with Crippen molar-refractivity contribution in [1.82, 2.24) is 4.90 Å². The van der Waals surface area contributed by atoms with Crippen molar-refractivity contribution in [3.8, 4) is 11.5 Å². The summed E-state index contributed by atoms with van der Waals surface area (Å²) < 4.78 is 21.7. The zero-order valence-corrected chi connectivity index (χ0v) is 16.6. The highest BCUT2D eigenvalue weighted by Crippen LogP contribution is 2.41. The Kier molecular flexibility index (Phi) is 6.86. The highest BCUT2D eigenvalue weighted by atomic mass is 32.2. The lowest BCUT2D eigenvalue weighted by Gasteiger charge is -2.25. The van der Waals surface area contributed by atoms with Crippen LogP contribution in [0.3, 0.4) is 0 Å². The molecular weight excluding hydrogens is 382 g/mol. The quantitative estimate of drug-likeness (QED) is 0.493. The number of nitrogens with zero attached hydrogens (tertiary/aromatic N) is 1. The molecule has 8 heteroatoms. The van der Waals surface area contributed by atoms with Gasteiger partial charge in [-0.2, -0.15) is 0 Å². The van der Waals surface area contributed by atoms with E-state index in [1.165, 1.54) is 23.6 Å². The summed E-state index contributed by atoms with van der Waals surface area (Å²) >= 11 is 1.48. The Morgan fingerprint density at radius 1 is 1.14 bits per heavy atom. The van der Waals surface area contributed by atoms with E-state index in [1.807, 2.05) is 19.1 Å². The van der Waals surface area contributed by atoms with E-state index in [1.54, 1.807) is 30.5 Å². The van der Waals surface area contributed by atoms with Gasteiger partial charge in [0, 0.05) is 12.7 Å². The third kappa shape index (κ3) is 4.81. The van der Waals surface area contributed by atoms with Crippen LogP contribution in [0, 0.1) is 0 Å². The Hall–Kier alpha value is -2.61. The second-order valence-corrected chi connectivity index (χ2v) is 7.18. The number of benzene rings is 1. The van der Waals surface area contributed by atoms with Crippen molar-refractivity contribution in [3.63, 3.8) is 0 Å². The van der Waals surface area contributed by atoms with Gasteiger partial charge in [0.2, 0.25) is 5.91 Å². The maximum absolute atomic E-state index is 12.5. The standard InChI is InChI=1S/C20H23NO6S/c1-3-24-15-6-8-16(9-7-15)25-11-12-27-20(23)17-13-28-19(21(17)14(2)22)18-5-4-10-26-18/h4-10,17,19H,3,11-13H2,1-2H3/t17-,19-/m0/s1. The smallest absolute Gasteiger partial charge is 0.329 e. The van der Waals surface area contributed by atoms with E-state index in [9.17, 15) is 9.59 Å². The molecule has 2 heterocycles. The molecule has 0 unspecified atom stereocenters. The van der Waals surface area contributed by atoms with Crippen molar-refractivity contribution in [3.05, 3.63) is 48.4 Å². The average molecular weight is 405 g/mol. The zero-order valence-electron chi connectivity index (χ0n) is 15.8. The van der Waals surface area contributed by atoms with Crippen LogP contribution >= 0.6 is 11.8 Å². The number of amides is 1. The number of furan rings is 1. The number of ether oxygens (including phenoxy) is 3. The summed E-state index contributed by atoms with van der Waals surface area (Å²) in [5.74, 6) is 1.92. The van der Waals surface area contributed by atoms with Gasteiger partial charge < -0.3 is 23.5 Å². The van der Waals surface area contributed by atoms with Crippen molar-refractivity contribution >= 4 is 23.6 Å². The second-order valence-electron chi connectivity index (χ2n) is 6.06. The highest BCUT2D eigenvalue weighted by molar-refractivity contribution is 7.99. The fourth-order valence-corrected chi connectivity index (χ4v) is 4.34. The van der Waals surface area contributed by atoms with Gasteiger partial charge in [0.25, 0.3) is 0 Å². The summed E-state index contributed by atoms with van der Waals surface area (Å²) in [4.78, 5) is 26.1. The maximum Gasteiger partial charge on any atom is 0.329 e. The van der Waals surface area contributed by atoms with Gasteiger partial charge in [-0.15, -0.1) is 11.8 Å². The Labute approximate surface area is 167 Å². The van der Waals surface area contributed by atoms with Crippen LogP contribution in [0.25, 0.3) is 0 Å². The molecule has 1 aromatic carbocycles. The first kappa shape index (κ1) is 20.1. The van der Waals surface area contributed by atoms with Gasteiger partial charge in [-0.05, 0) is 43.3 Å². The molecule has 0 aliphatic carbocycles. The molecule has 0 N–H and O–H groups in total. The van der Waals surface area contributed by atoms with Crippen LogP contribution in [0.5, 0.6) is 11.5 Å². The lowest BCUT2D eigenvalue weighted by molar-refractivity contribution is -0.154. The molecule has 28 heavy (non-hydrogen) atoms. The number of hydrogen-bond donors (Lipinski definition) is 0. The molecule has 0 spiro atoms. The van der Waals surface area contributed by atoms with Gasteiger partial charge in [0.05, 0.1) is 12.9 Å². The second kappa shape index (κ2) is 9.54. The monoisotopic (exact) mass is 405 g/mol. The summed E-state index contributed by atoms with van der Waals surface area (Å²) in [5, 5.41) is -0.315. The first-order valence-corrected chi connectivity index (χ1v) is 10.1. The molecule has 0 radical (unpaired) electrons. The van der Waals surface area contributed by atoms with Crippen LogP contribution in [-0.4, -0.2) is 48.4 Å². The lowest BCUT2D eigenvalue weighted by Crippen LogP contribution is -2.43. The van der Waals surface area contributed by atoms with Gasteiger partial charge in [-0.25, -0.2) is 4.79 Å². The average Bonchev–Trinajstić information content (AvgIpc) is 3.35. The largest absolute Gasteiger partial charge is 0.494 e.